The monoisotopic (exact) mass is 280 g/mol. The van der Waals surface area contributed by atoms with Crippen LogP contribution < -0.4 is 0 Å². The predicted molar refractivity (Wildman–Crippen MR) is 76.5 cm³/mol. The summed E-state index contributed by atoms with van der Waals surface area (Å²) in [4.78, 5) is 27.5. The van der Waals surface area contributed by atoms with Crippen molar-refractivity contribution in [3.8, 4) is 0 Å². The Morgan fingerprint density at radius 3 is 2.35 bits per heavy atom. The molecule has 0 aromatic rings. The van der Waals surface area contributed by atoms with Gasteiger partial charge in [-0.3, -0.25) is 4.79 Å². The molecule has 2 amide bonds. The molecule has 0 atom stereocenters. The summed E-state index contributed by atoms with van der Waals surface area (Å²) in [5, 5.41) is 9.47. The second-order valence-corrected chi connectivity index (χ2v) is 5.81. The summed E-state index contributed by atoms with van der Waals surface area (Å²) < 4.78 is 0. The largest absolute Gasteiger partial charge is 0.481 e. The molecule has 2 rings (SSSR count). The minimum atomic E-state index is -0.702. The number of amides is 2. The molecule has 2 aliphatic heterocycles. The van der Waals surface area contributed by atoms with Crippen LogP contribution in [0.5, 0.6) is 0 Å². The van der Waals surface area contributed by atoms with Crippen molar-refractivity contribution in [2.24, 2.45) is 5.41 Å². The third-order valence-corrected chi connectivity index (χ3v) is 4.50. The van der Waals surface area contributed by atoms with Gasteiger partial charge in [0, 0.05) is 26.2 Å². The van der Waals surface area contributed by atoms with Crippen molar-refractivity contribution in [2.45, 2.75) is 39.0 Å². The maximum Gasteiger partial charge on any atom is 0.320 e. The molecule has 2 heterocycles. The number of nitrogens with zero attached hydrogens (tertiary/aromatic N) is 2. The van der Waals surface area contributed by atoms with Crippen LogP contribution in [0.2, 0.25) is 0 Å². The molecule has 20 heavy (non-hydrogen) atoms. The molecule has 5 nitrogen and oxygen atoms in total. The van der Waals surface area contributed by atoms with E-state index in [9.17, 15) is 14.7 Å². The van der Waals surface area contributed by atoms with Gasteiger partial charge < -0.3 is 14.9 Å². The Balaban J connectivity index is 1.94. The van der Waals surface area contributed by atoms with E-state index in [1.165, 1.54) is 0 Å². The molecular formula is C15H24N2O3. The van der Waals surface area contributed by atoms with Crippen LogP contribution in [-0.2, 0) is 4.79 Å². The number of carbonyl (C=O) groups is 2. The lowest BCUT2D eigenvalue weighted by Crippen LogP contribution is -2.51. The van der Waals surface area contributed by atoms with Gasteiger partial charge in [0.25, 0.3) is 0 Å². The fourth-order valence-electron chi connectivity index (χ4n) is 3.19. The van der Waals surface area contributed by atoms with Crippen LogP contribution in [0.25, 0.3) is 0 Å². The molecule has 1 saturated heterocycles. The Labute approximate surface area is 120 Å². The molecule has 2 aliphatic rings. The Morgan fingerprint density at radius 2 is 1.85 bits per heavy atom. The molecule has 1 N–H and O–H groups in total. The molecule has 0 aromatic heterocycles. The van der Waals surface area contributed by atoms with Gasteiger partial charge in [-0.2, -0.15) is 0 Å². The summed E-state index contributed by atoms with van der Waals surface area (Å²) in [5.74, 6) is -0.702. The van der Waals surface area contributed by atoms with E-state index in [1.807, 2.05) is 22.8 Å². The first kappa shape index (κ1) is 14.9. The van der Waals surface area contributed by atoms with E-state index < -0.39 is 11.4 Å². The summed E-state index contributed by atoms with van der Waals surface area (Å²) in [6.07, 6.45) is 7.75. The Hall–Kier alpha value is -1.52. The van der Waals surface area contributed by atoms with Crippen LogP contribution in [0.4, 0.5) is 4.79 Å². The lowest BCUT2D eigenvalue weighted by atomic mass is 9.75. The number of carboxylic acids is 1. The minimum Gasteiger partial charge on any atom is -0.481 e. The minimum absolute atomic E-state index is 0.0600. The molecule has 0 aromatic carbocycles. The van der Waals surface area contributed by atoms with Gasteiger partial charge >= 0.3 is 12.0 Å². The third kappa shape index (κ3) is 2.97. The molecule has 0 spiro atoms. The van der Waals surface area contributed by atoms with Crippen molar-refractivity contribution in [3.05, 3.63) is 12.2 Å². The molecule has 0 radical (unpaired) electrons. The van der Waals surface area contributed by atoms with E-state index >= 15 is 0 Å². The Kier molecular flexibility index (Phi) is 4.68. The van der Waals surface area contributed by atoms with Crippen molar-refractivity contribution in [1.29, 1.82) is 0 Å². The third-order valence-electron chi connectivity index (χ3n) is 4.50. The second kappa shape index (κ2) is 6.29. The van der Waals surface area contributed by atoms with Gasteiger partial charge in [-0.25, -0.2) is 4.79 Å². The lowest BCUT2D eigenvalue weighted by molar-refractivity contribution is -0.152. The predicted octanol–water partition coefficient (Wildman–Crippen LogP) is 2.34. The van der Waals surface area contributed by atoms with Crippen LogP contribution in [-0.4, -0.2) is 53.1 Å². The van der Waals surface area contributed by atoms with E-state index in [0.717, 1.165) is 19.4 Å². The Morgan fingerprint density at radius 1 is 1.15 bits per heavy atom. The van der Waals surface area contributed by atoms with Crippen molar-refractivity contribution in [3.63, 3.8) is 0 Å². The van der Waals surface area contributed by atoms with Gasteiger partial charge in [-0.05, 0) is 25.7 Å². The van der Waals surface area contributed by atoms with E-state index in [4.69, 9.17) is 0 Å². The number of carbonyl (C=O) groups excluding carboxylic acids is 1. The van der Waals surface area contributed by atoms with E-state index in [-0.39, 0.29) is 6.03 Å². The Bertz CT molecular complexity index is 398. The zero-order chi connectivity index (χ0) is 14.6. The summed E-state index contributed by atoms with van der Waals surface area (Å²) in [5.41, 5.74) is -0.618. The highest BCUT2D eigenvalue weighted by molar-refractivity contribution is 5.77. The first-order valence-electron chi connectivity index (χ1n) is 7.51. The van der Waals surface area contributed by atoms with Crippen LogP contribution in [0, 0.1) is 5.41 Å². The number of rotatable bonds is 3. The van der Waals surface area contributed by atoms with Gasteiger partial charge in [0.05, 0.1) is 5.41 Å². The molecule has 0 aliphatic carbocycles. The standard InChI is InChI=1S/C15H24N2O3/c1-2-6-15(13(18)19)7-11-17(12-8-15)14(20)16-9-4-3-5-10-16/h3-4H,2,5-12H2,1H3,(H,18,19). The van der Waals surface area contributed by atoms with Crippen molar-refractivity contribution < 1.29 is 14.7 Å². The average molecular weight is 280 g/mol. The van der Waals surface area contributed by atoms with E-state index in [1.54, 1.807) is 0 Å². The van der Waals surface area contributed by atoms with E-state index in [2.05, 4.69) is 6.08 Å². The number of hydrogen-bond acceptors (Lipinski definition) is 2. The van der Waals surface area contributed by atoms with Crippen LogP contribution in [0.3, 0.4) is 0 Å². The maximum absolute atomic E-state index is 12.4. The summed E-state index contributed by atoms with van der Waals surface area (Å²) in [7, 11) is 0. The number of aliphatic carboxylic acids is 1. The normalized spacial score (nSPS) is 21.9. The van der Waals surface area contributed by atoms with Gasteiger partial charge in [-0.15, -0.1) is 0 Å². The molecule has 1 fully saturated rings. The number of hydrogen-bond donors (Lipinski definition) is 1. The quantitative estimate of drug-likeness (QED) is 0.807. The summed E-state index contributed by atoms with van der Waals surface area (Å²) >= 11 is 0. The molecule has 0 bridgehead atoms. The molecular weight excluding hydrogens is 256 g/mol. The average Bonchev–Trinajstić information content (AvgIpc) is 2.48. The van der Waals surface area contributed by atoms with Crippen molar-refractivity contribution >= 4 is 12.0 Å². The maximum atomic E-state index is 12.4. The highest BCUT2D eigenvalue weighted by atomic mass is 16.4. The van der Waals surface area contributed by atoms with Crippen molar-refractivity contribution in [1.82, 2.24) is 9.80 Å². The number of carboxylic acid groups (broad SMARTS) is 1. The fourth-order valence-corrected chi connectivity index (χ4v) is 3.19. The summed E-state index contributed by atoms with van der Waals surface area (Å²) in [6.45, 7) is 4.58. The highest BCUT2D eigenvalue weighted by Gasteiger charge is 2.42. The zero-order valence-electron chi connectivity index (χ0n) is 12.2. The zero-order valence-corrected chi connectivity index (χ0v) is 12.2. The first-order valence-corrected chi connectivity index (χ1v) is 7.51. The topological polar surface area (TPSA) is 60.9 Å². The van der Waals surface area contributed by atoms with Crippen LogP contribution >= 0.6 is 0 Å². The highest BCUT2D eigenvalue weighted by Crippen LogP contribution is 2.36. The second-order valence-electron chi connectivity index (χ2n) is 5.81. The SMILES string of the molecule is CCCC1(C(=O)O)CCN(C(=O)N2CC=CCC2)CC1. The summed E-state index contributed by atoms with van der Waals surface area (Å²) in [6, 6.07) is 0.0600. The smallest absolute Gasteiger partial charge is 0.320 e. The van der Waals surface area contributed by atoms with Crippen LogP contribution in [0.1, 0.15) is 39.0 Å². The van der Waals surface area contributed by atoms with Crippen LogP contribution in [0.15, 0.2) is 12.2 Å². The van der Waals surface area contributed by atoms with Gasteiger partial charge in [0.1, 0.15) is 0 Å². The fraction of sp³-hybridized carbons (Fsp3) is 0.733. The molecule has 0 unspecified atom stereocenters. The van der Waals surface area contributed by atoms with Gasteiger partial charge in [0.2, 0.25) is 0 Å². The number of likely N-dealkylation sites (tertiary alicyclic amines) is 1. The van der Waals surface area contributed by atoms with Gasteiger partial charge in [0.15, 0.2) is 0 Å². The molecule has 5 heteroatoms. The van der Waals surface area contributed by atoms with Crippen molar-refractivity contribution in [2.75, 3.05) is 26.2 Å². The van der Waals surface area contributed by atoms with Gasteiger partial charge in [-0.1, -0.05) is 25.5 Å². The number of piperidine rings is 1. The molecule has 0 saturated carbocycles. The van der Waals surface area contributed by atoms with E-state index in [0.29, 0.717) is 38.9 Å². The number of urea groups is 1. The first-order chi connectivity index (χ1) is 9.59. The lowest BCUT2D eigenvalue weighted by Gasteiger charge is -2.40. The molecule has 112 valence electrons.